The van der Waals surface area contributed by atoms with Gasteiger partial charge in [-0.3, -0.25) is 20.0 Å². The number of benzene rings is 2. The summed E-state index contributed by atoms with van der Waals surface area (Å²) < 4.78 is 34.3. The summed E-state index contributed by atoms with van der Waals surface area (Å²) in [5.74, 6) is -0.564. The summed E-state index contributed by atoms with van der Waals surface area (Å²) in [5.41, 5.74) is 1.20. The van der Waals surface area contributed by atoms with Crippen LogP contribution in [0.4, 0.5) is 8.78 Å². The Morgan fingerprint density at radius 2 is 1.89 bits per heavy atom. The summed E-state index contributed by atoms with van der Waals surface area (Å²) in [6, 6.07) is 12.6. The zero-order valence-electron chi connectivity index (χ0n) is 21.4. The molecule has 8 heteroatoms. The van der Waals surface area contributed by atoms with Crippen LogP contribution in [0, 0.1) is 17.6 Å². The molecule has 2 saturated heterocycles. The van der Waals surface area contributed by atoms with Gasteiger partial charge in [0.25, 0.3) is 0 Å². The Bertz CT molecular complexity index is 1030. The summed E-state index contributed by atoms with van der Waals surface area (Å²) in [4.78, 5) is 9.27. The van der Waals surface area contributed by atoms with Crippen LogP contribution in [-0.2, 0) is 6.54 Å². The van der Waals surface area contributed by atoms with Crippen molar-refractivity contribution in [3.05, 3.63) is 65.2 Å². The highest BCUT2D eigenvalue weighted by molar-refractivity contribution is 5.98. The summed E-state index contributed by atoms with van der Waals surface area (Å²) >= 11 is 0. The minimum Gasteiger partial charge on any atom is -0.493 e. The van der Waals surface area contributed by atoms with Crippen LogP contribution < -0.4 is 4.74 Å². The Morgan fingerprint density at radius 3 is 2.67 bits per heavy atom. The molecular formula is C28H38F2N4O2. The van der Waals surface area contributed by atoms with Gasteiger partial charge >= 0.3 is 0 Å². The molecule has 36 heavy (non-hydrogen) atoms. The van der Waals surface area contributed by atoms with Gasteiger partial charge in [0.05, 0.1) is 18.7 Å². The van der Waals surface area contributed by atoms with Gasteiger partial charge in [-0.05, 0) is 63.9 Å². The third-order valence-corrected chi connectivity index (χ3v) is 7.30. The molecule has 2 aliphatic heterocycles. The van der Waals surface area contributed by atoms with Crippen LogP contribution in [0.15, 0.2) is 47.5 Å². The summed E-state index contributed by atoms with van der Waals surface area (Å²) in [6.07, 6.45) is 4.72. The van der Waals surface area contributed by atoms with E-state index < -0.39 is 11.6 Å². The first-order valence-corrected chi connectivity index (χ1v) is 13.0. The van der Waals surface area contributed by atoms with Gasteiger partial charge < -0.3 is 4.74 Å². The number of hydrogen-bond donors (Lipinski definition) is 1. The van der Waals surface area contributed by atoms with E-state index in [2.05, 4.69) is 39.9 Å². The molecule has 0 saturated carbocycles. The number of ether oxygens (including phenoxy) is 1. The molecule has 2 heterocycles. The fourth-order valence-electron chi connectivity index (χ4n) is 5.20. The molecule has 2 atom stereocenters. The van der Waals surface area contributed by atoms with Crippen molar-refractivity contribution in [2.24, 2.45) is 10.9 Å². The lowest BCUT2D eigenvalue weighted by Gasteiger charge is -2.37. The number of likely N-dealkylation sites (tertiary alicyclic amines) is 2. The molecule has 2 aromatic carbocycles. The molecule has 0 bridgehead atoms. The number of rotatable bonds is 9. The molecular weight excluding hydrogens is 462 g/mol. The van der Waals surface area contributed by atoms with Gasteiger partial charge in [-0.15, -0.1) is 0 Å². The number of hydroxylamine groups is 2. The standard InChI is InChI=1S/C28H38F2N4O2/c1-21-12-13-22(20-36-26-11-4-3-8-23(26)19-33-15-5-6-16-33)18-34(21)17-14-31-28(32(2)35)24-9-7-10-25(29)27(24)30/h3-4,7-11,21-22,35H,5-6,12-20H2,1-2H3/t21-,22-/m1/s1. The van der Waals surface area contributed by atoms with Crippen molar-refractivity contribution in [3.63, 3.8) is 0 Å². The molecule has 4 rings (SSSR count). The second-order valence-corrected chi connectivity index (χ2v) is 10.0. The third kappa shape index (κ3) is 6.81. The Balaban J connectivity index is 1.33. The number of piperidine rings is 1. The van der Waals surface area contributed by atoms with E-state index in [1.165, 1.54) is 37.6 Å². The quantitative estimate of drug-likeness (QED) is 0.304. The van der Waals surface area contributed by atoms with Crippen molar-refractivity contribution in [3.8, 4) is 5.75 Å². The minimum absolute atomic E-state index is 0.0196. The van der Waals surface area contributed by atoms with Crippen LogP contribution in [0.1, 0.15) is 43.7 Å². The number of hydrogen-bond acceptors (Lipinski definition) is 5. The molecule has 0 radical (unpaired) electrons. The predicted molar refractivity (Wildman–Crippen MR) is 138 cm³/mol. The molecule has 196 valence electrons. The lowest BCUT2D eigenvalue weighted by atomic mass is 9.94. The van der Waals surface area contributed by atoms with E-state index in [9.17, 15) is 14.0 Å². The first-order valence-electron chi connectivity index (χ1n) is 13.0. The van der Waals surface area contributed by atoms with E-state index >= 15 is 0 Å². The molecule has 0 aromatic heterocycles. The van der Waals surface area contributed by atoms with Gasteiger partial charge in [0.15, 0.2) is 17.5 Å². The Morgan fingerprint density at radius 1 is 1.11 bits per heavy atom. The molecule has 0 amide bonds. The highest BCUT2D eigenvalue weighted by Gasteiger charge is 2.26. The average Bonchev–Trinajstić information content (AvgIpc) is 3.38. The normalized spacial score (nSPS) is 21.6. The van der Waals surface area contributed by atoms with Gasteiger partial charge in [-0.1, -0.05) is 24.3 Å². The Kier molecular flexibility index (Phi) is 9.29. The fraction of sp³-hybridized carbons (Fsp3) is 0.536. The molecule has 2 fully saturated rings. The fourth-order valence-corrected chi connectivity index (χ4v) is 5.20. The SMILES string of the molecule is C[C@@H]1CC[C@@H](COc2ccccc2CN2CCCC2)CN1CCN=C(c1cccc(F)c1F)N(C)O. The van der Waals surface area contributed by atoms with Crippen LogP contribution in [0.25, 0.3) is 0 Å². The van der Waals surface area contributed by atoms with Crippen LogP contribution in [0.3, 0.4) is 0 Å². The van der Waals surface area contributed by atoms with E-state index in [0.29, 0.717) is 31.7 Å². The predicted octanol–water partition coefficient (Wildman–Crippen LogP) is 4.81. The van der Waals surface area contributed by atoms with Gasteiger partial charge in [-0.25, -0.2) is 13.8 Å². The number of aliphatic imine (C=N–C) groups is 1. The zero-order valence-corrected chi connectivity index (χ0v) is 21.4. The maximum absolute atomic E-state index is 14.3. The van der Waals surface area contributed by atoms with Crippen LogP contribution in [0.2, 0.25) is 0 Å². The van der Waals surface area contributed by atoms with Crippen LogP contribution >= 0.6 is 0 Å². The molecule has 0 spiro atoms. The van der Waals surface area contributed by atoms with Crippen molar-refractivity contribution < 1.29 is 18.7 Å². The number of para-hydroxylation sites is 1. The number of amidine groups is 1. The lowest BCUT2D eigenvalue weighted by Crippen LogP contribution is -2.44. The third-order valence-electron chi connectivity index (χ3n) is 7.30. The van der Waals surface area contributed by atoms with E-state index in [0.717, 1.165) is 55.9 Å². The second kappa shape index (κ2) is 12.6. The van der Waals surface area contributed by atoms with Gasteiger partial charge in [0.2, 0.25) is 0 Å². The van der Waals surface area contributed by atoms with E-state index in [4.69, 9.17) is 4.74 Å². The molecule has 0 unspecified atom stereocenters. The van der Waals surface area contributed by atoms with Crippen LogP contribution in [0.5, 0.6) is 5.75 Å². The van der Waals surface area contributed by atoms with Crippen molar-refractivity contribution >= 4 is 5.84 Å². The Hall–Kier alpha value is -2.55. The topological polar surface area (TPSA) is 51.5 Å². The van der Waals surface area contributed by atoms with E-state index in [-0.39, 0.29) is 11.4 Å². The van der Waals surface area contributed by atoms with Gasteiger partial charge in [0.1, 0.15) is 5.75 Å². The molecule has 6 nitrogen and oxygen atoms in total. The first-order chi connectivity index (χ1) is 17.4. The molecule has 1 N–H and O–H groups in total. The highest BCUT2D eigenvalue weighted by Crippen LogP contribution is 2.26. The molecule has 0 aliphatic carbocycles. The number of halogens is 2. The van der Waals surface area contributed by atoms with Crippen molar-refractivity contribution in [2.75, 3.05) is 46.4 Å². The minimum atomic E-state index is -1.01. The molecule has 2 aromatic rings. The monoisotopic (exact) mass is 500 g/mol. The van der Waals surface area contributed by atoms with E-state index in [1.807, 2.05) is 6.07 Å². The Labute approximate surface area is 213 Å². The number of nitrogens with zero attached hydrogens (tertiary/aromatic N) is 4. The average molecular weight is 501 g/mol. The van der Waals surface area contributed by atoms with Crippen molar-refractivity contribution in [1.29, 1.82) is 0 Å². The second-order valence-electron chi connectivity index (χ2n) is 10.0. The maximum Gasteiger partial charge on any atom is 0.169 e. The maximum atomic E-state index is 14.3. The smallest absolute Gasteiger partial charge is 0.169 e. The van der Waals surface area contributed by atoms with E-state index in [1.54, 1.807) is 0 Å². The van der Waals surface area contributed by atoms with Crippen LogP contribution in [-0.4, -0.2) is 78.3 Å². The van der Waals surface area contributed by atoms with Crippen molar-refractivity contribution in [2.45, 2.75) is 45.2 Å². The van der Waals surface area contributed by atoms with Gasteiger partial charge in [0, 0.05) is 44.2 Å². The summed E-state index contributed by atoms with van der Waals surface area (Å²) in [7, 11) is 1.36. The largest absolute Gasteiger partial charge is 0.493 e. The highest BCUT2D eigenvalue weighted by atomic mass is 19.2. The summed E-state index contributed by atoms with van der Waals surface area (Å²) in [5, 5.41) is 10.7. The lowest BCUT2D eigenvalue weighted by molar-refractivity contribution is 0.0136. The summed E-state index contributed by atoms with van der Waals surface area (Å²) in [6.45, 7) is 8.06. The molecule has 2 aliphatic rings. The van der Waals surface area contributed by atoms with Gasteiger partial charge in [-0.2, -0.15) is 0 Å². The first kappa shape index (κ1) is 26.5. The van der Waals surface area contributed by atoms with Crippen molar-refractivity contribution in [1.82, 2.24) is 14.9 Å². The zero-order chi connectivity index (χ0) is 25.5.